The standard InChI is InChI=1S/C12H16N4O2/c1-2-4-13-12(14-8-17)15-9-6-10-11(18)3-5-16(10)7-9/h4,6-7,17H,2-3,5,8H2,1H3,(H,14,15). The molecule has 0 bridgehead atoms. The van der Waals surface area contributed by atoms with Gasteiger partial charge in [0, 0.05) is 25.4 Å². The van der Waals surface area contributed by atoms with Gasteiger partial charge >= 0.3 is 0 Å². The Labute approximate surface area is 105 Å². The van der Waals surface area contributed by atoms with Gasteiger partial charge in [0.25, 0.3) is 0 Å². The Kier molecular flexibility index (Phi) is 3.88. The fraction of sp³-hybridized carbons (Fsp3) is 0.417. The van der Waals surface area contributed by atoms with Crippen LogP contribution in [0.5, 0.6) is 0 Å². The fourth-order valence-electron chi connectivity index (χ4n) is 1.84. The number of rotatable bonds is 3. The molecule has 18 heavy (non-hydrogen) atoms. The van der Waals surface area contributed by atoms with Crippen molar-refractivity contribution in [3.8, 4) is 0 Å². The van der Waals surface area contributed by atoms with E-state index < -0.39 is 0 Å². The first-order valence-electron chi connectivity index (χ1n) is 5.92. The van der Waals surface area contributed by atoms with E-state index in [0.717, 1.165) is 18.7 Å². The number of nitrogens with zero attached hydrogens (tertiary/aromatic N) is 3. The highest BCUT2D eigenvalue weighted by atomic mass is 16.3. The summed E-state index contributed by atoms with van der Waals surface area (Å²) in [5.41, 5.74) is 1.47. The zero-order valence-electron chi connectivity index (χ0n) is 10.3. The van der Waals surface area contributed by atoms with Crippen LogP contribution >= 0.6 is 0 Å². The van der Waals surface area contributed by atoms with E-state index in [4.69, 9.17) is 5.11 Å². The number of fused-ring (bicyclic) bond motifs is 1. The molecule has 1 aromatic heterocycles. The number of aromatic nitrogens is 1. The number of hydrogen-bond donors (Lipinski definition) is 2. The van der Waals surface area contributed by atoms with Gasteiger partial charge < -0.3 is 15.0 Å². The third-order valence-electron chi connectivity index (χ3n) is 2.63. The molecule has 1 aliphatic rings. The molecule has 2 rings (SSSR count). The second-order valence-electron chi connectivity index (χ2n) is 3.95. The SMILES string of the molecule is CCC=NC(=NCO)Nc1cc2n(c1)CCC2=O. The Hall–Kier alpha value is -1.95. The number of anilines is 1. The molecule has 0 atom stereocenters. The summed E-state index contributed by atoms with van der Waals surface area (Å²) >= 11 is 0. The lowest BCUT2D eigenvalue weighted by atomic mass is 10.2. The molecule has 0 amide bonds. The van der Waals surface area contributed by atoms with Crippen molar-refractivity contribution < 1.29 is 9.90 Å². The van der Waals surface area contributed by atoms with Crippen LogP contribution in [0.2, 0.25) is 0 Å². The van der Waals surface area contributed by atoms with Crippen LogP contribution in [-0.4, -0.2) is 34.4 Å². The van der Waals surface area contributed by atoms with Crippen molar-refractivity contribution in [1.29, 1.82) is 0 Å². The maximum Gasteiger partial charge on any atom is 0.224 e. The largest absolute Gasteiger partial charge is 0.374 e. The quantitative estimate of drug-likeness (QED) is 0.624. The number of ketones is 1. The van der Waals surface area contributed by atoms with Crippen LogP contribution in [0.15, 0.2) is 22.2 Å². The Balaban J connectivity index is 2.13. The molecule has 0 unspecified atom stereocenters. The zero-order chi connectivity index (χ0) is 13.0. The van der Waals surface area contributed by atoms with Crippen molar-refractivity contribution in [2.75, 3.05) is 12.0 Å². The number of carbonyl (C=O) groups is 1. The Bertz CT molecular complexity index is 502. The molecule has 2 heterocycles. The van der Waals surface area contributed by atoms with Gasteiger partial charge in [-0.05, 0) is 12.5 Å². The molecule has 96 valence electrons. The minimum absolute atomic E-state index is 0.153. The van der Waals surface area contributed by atoms with Gasteiger partial charge in [-0.2, -0.15) is 0 Å². The van der Waals surface area contributed by atoms with Crippen molar-refractivity contribution in [2.24, 2.45) is 9.98 Å². The predicted octanol–water partition coefficient (Wildman–Crippen LogP) is 1.27. The molecule has 0 spiro atoms. The zero-order valence-corrected chi connectivity index (χ0v) is 10.3. The lowest BCUT2D eigenvalue weighted by Gasteiger charge is -2.02. The van der Waals surface area contributed by atoms with Gasteiger partial charge in [-0.1, -0.05) is 6.92 Å². The first-order valence-corrected chi connectivity index (χ1v) is 5.92. The van der Waals surface area contributed by atoms with Crippen LogP contribution in [0, 0.1) is 0 Å². The highest BCUT2D eigenvalue weighted by Crippen LogP contribution is 2.21. The molecule has 0 aliphatic carbocycles. The number of aryl methyl sites for hydroxylation is 1. The first-order chi connectivity index (χ1) is 8.74. The van der Waals surface area contributed by atoms with E-state index in [9.17, 15) is 4.79 Å². The highest BCUT2D eigenvalue weighted by molar-refractivity contribution is 6.01. The van der Waals surface area contributed by atoms with Crippen LogP contribution in [0.4, 0.5) is 5.69 Å². The molecule has 0 aromatic carbocycles. The number of guanidine groups is 1. The summed E-state index contributed by atoms with van der Waals surface area (Å²) in [5, 5.41) is 11.8. The average molecular weight is 248 g/mol. The van der Waals surface area contributed by atoms with Crippen LogP contribution in [0.25, 0.3) is 0 Å². The third kappa shape index (κ3) is 2.65. The van der Waals surface area contributed by atoms with Crippen molar-refractivity contribution in [2.45, 2.75) is 26.3 Å². The van der Waals surface area contributed by atoms with Crippen molar-refractivity contribution in [3.05, 3.63) is 18.0 Å². The molecule has 0 saturated carbocycles. The second kappa shape index (κ2) is 5.59. The van der Waals surface area contributed by atoms with Crippen LogP contribution in [0.1, 0.15) is 30.3 Å². The van der Waals surface area contributed by atoms with E-state index in [1.807, 2.05) is 17.7 Å². The molecule has 1 aliphatic heterocycles. The van der Waals surface area contributed by atoms with E-state index in [1.54, 1.807) is 12.3 Å². The number of hydrogen-bond acceptors (Lipinski definition) is 3. The van der Waals surface area contributed by atoms with Crippen LogP contribution in [-0.2, 0) is 6.54 Å². The summed E-state index contributed by atoms with van der Waals surface area (Å²) < 4.78 is 1.91. The topological polar surface area (TPSA) is 79.0 Å². The van der Waals surface area contributed by atoms with Crippen molar-refractivity contribution >= 4 is 23.6 Å². The van der Waals surface area contributed by atoms with Gasteiger partial charge in [0.05, 0.1) is 11.4 Å². The number of aliphatic hydroxyl groups excluding tert-OH is 1. The van der Waals surface area contributed by atoms with Crippen molar-refractivity contribution in [3.63, 3.8) is 0 Å². The molecule has 0 fully saturated rings. The molecule has 6 heteroatoms. The van der Waals surface area contributed by atoms with Gasteiger partial charge in [-0.15, -0.1) is 0 Å². The van der Waals surface area contributed by atoms with Gasteiger partial charge in [0.15, 0.2) is 5.78 Å². The van der Waals surface area contributed by atoms with Gasteiger partial charge in [-0.3, -0.25) is 4.79 Å². The van der Waals surface area contributed by atoms with E-state index in [-0.39, 0.29) is 12.5 Å². The normalized spacial score (nSPS) is 15.4. The first kappa shape index (κ1) is 12.5. The Morgan fingerprint density at radius 3 is 3.17 bits per heavy atom. The molecule has 0 saturated heterocycles. The minimum atomic E-state index is -0.324. The van der Waals surface area contributed by atoms with E-state index in [0.29, 0.717) is 18.1 Å². The number of carbonyl (C=O) groups excluding carboxylic acids is 1. The second-order valence-corrected chi connectivity index (χ2v) is 3.95. The maximum atomic E-state index is 11.5. The van der Waals surface area contributed by atoms with Crippen molar-refractivity contribution in [1.82, 2.24) is 4.57 Å². The molecular formula is C12H16N4O2. The summed E-state index contributed by atoms with van der Waals surface area (Å²) in [6.07, 6.45) is 4.92. The molecule has 1 aromatic rings. The number of aliphatic imine (C=N–C) groups is 2. The average Bonchev–Trinajstić information content (AvgIpc) is 2.89. The Morgan fingerprint density at radius 2 is 2.50 bits per heavy atom. The number of aliphatic hydroxyl groups is 1. The number of Topliss-reactive ketones (excluding diaryl/α,β-unsaturated/α-hetero) is 1. The smallest absolute Gasteiger partial charge is 0.224 e. The van der Waals surface area contributed by atoms with Gasteiger partial charge in [0.1, 0.15) is 6.73 Å². The summed E-state index contributed by atoms with van der Waals surface area (Å²) in [7, 11) is 0. The lowest BCUT2D eigenvalue weighted by Crippen LogP contribution is -2.10. The minimum Gasteiger partial charge on any atom is -0.374 e. The number of nitrogens with one attached hydrogen (secondary N) is 1. The summed E-state index contributed by atoms with van der Waals surface area (Å²) in [6.45, 7) is 2.36. The monoisotopic (exact) mass is 248 g/mol. The highest BCUT2D eigenvalue weighted by Gasteiger charge is 2.20. The molecule has 6 nitrogen and oxygen atoms in total. The van der Waals surface area contributed by atoms with Gasteiger partial charge in [-0.25, -0.2) is 9.98 Å². The summed E-state index contributed by atoms with van der Waals surface area (Å²) in [4.78, 5) is 19.4. The van der Waals surface area contributed by atoms with E-state index in [2.05, 4.69) is 15.3 Å². The lowest BCUT2D eigenvalue weighted by molar-refractivity contribution is 0.0994. The molecule has 2 N–H and O–H groups in total. The van der Waals surface area contributed by atoms with E-state index in [1.165, 1.54) is 0 Å². The molecule has 0 radical (unpaired) electrons. The third-order valence-corrected chi connectivity index (χ3v) is 2.63. The Morgan fingerprint density at radius 1 is 1.67 bits per heavy atom. The van der Waals surface area contributed by atoms with Gasteiger partial charge in [0.2, 0.25) is 5.96 Å². The predicted molar refractivity (Wildman–Crippen MR) is 70.3 cm³/mol. The summed E-state index contributed by atoms with van der Waals surface area (Å²) in [6, 6.07) is 1.78. The van der Waals surface area contributed by atoms with Crippen LogP contribution < -0.4 is 5.32 Å². The fourth-order valence-corrected chi connectivity index (χ4v) is 1.84. The van der Waals surface area contributed by atoms with Crippen LogP contribution in [0.3, 0.4) is 0 Å². The molecular weight excluding hydrogens is 232 g/mol. The maximum absolute atomic E-state index is 11.5. The van der Waals surface area contributed by atoms with E-state index >= 15 is 0 Å². The summed E-state index contributed by atoms with van der Waals surface area (Å²) in [5.74, 6) is 0.497.